The highest BCUT2D eigenvalue weighted by molar-refractivity contribution is 5.96. The van der Waals surface area contributed by atoms with Crippen molar-refractivity contribution in [3.8, 4) is 12.3 Å². The summed E-state index contributed by atoms with van der Waals surface area (Å²) in [6, 6.07) is 17.2. The minimum Gasteiger partial charge on any atom is -0.342 e. The topological polar surface area (TPSA) is 90.0 Å². The summed E-state index contributed by atoms with van der Waals surface area (Å²) in [5, 5.41) is 2.81. The lowest BCUT2D eigenvalue weighted by Gasteiger charge is -2.34. The molecule has 2 heterocycles. The Hall–Kier alpha value is -4.12. The highest BCUT2D eigenvalue weighted by atomic mass is 16.2. The van der Waals surface area contributed by atoms with Crippen LogP contribution in [0.1, 0.15) is 24.0 Å². The van der Waals surface area contributed by atoms with Crippen LogP contribution in [0.5, 0.6) is 0 Å². The molecule has 0 saturated carbocycles. The number of amides is 4. The zero-order valence-corrected chi connectivity index (χ0v) is 20.1. The SMILES string of the molecule is C#CCN1CC(=O)N[C@@H](Cc2ccccc2)C(=O)N(Cc2ccccc2)CC(=O)N2CCC[C@@H]2C1=O. The Balaban J connectivity index is 1.69. The van der Waals surface area contributed by atoms with Crippen LogP contribution in [-0.2, 0) is 32.1 Å². The van der Waals surface area contributed by atoms with Gasteiger partial charge in [0.2, 0.25) is 23.6 Å². The quantitative estimate of drug-likeness (QED) is 0.644. The first kappa shape index (κ1) is 25.0. The predicted octanol–water partition coefficient (Wildman–Crippen LogP) is 1.21. The van der Waals surface area contributed by atoms with Crippen molar-refractivity contribution in [3.05, 3.63) is 71.8 Å². The maximum absolute atomic E-state index is 13.9. The third-order valence-corrected chi connectivity index (χ3v) is 6.56. The van der Waals surface area contributed by atoms with Gasteiger partial charge in [-0.3, -0.25) is 19.2 Å². The minimum atomic E-state index is -0.909. The molecule has 2 aliphatic heterocycles. The van der Waals surface area contributed by atoms with Gasteiger partial charge in [-0.15, -0.1) is 6.42 Å². The second-order valence-electron chi connectivity index (χ2n) is 9.13. The average molecular weight is 487 g/mol. The van der Waals surface area contributed by atoms with Crippen LogP contribution in [0, 0.1) is 12.3 Å². The molecular formula is C28H30N4O4. The molecule has 8 nitrogen and oxygen atoms in total. The number of benzene rings is 2. The fourth-order valence-corrected chi connectivity index (χ4v) is 4.81. The summed E-state index contributed by atoms with van der Waals surface area (Å²) in [7, 11) is 0. The number of hydrogen-bond acceptors (Lipinski definition) is 4. The van der Waals surface area contributed by atoms with Crippen molar-refractivity contribution in [1.29, 1.82) is 0 Å². The van der Waals surface area contributed by atoms with E-state index in [1.54, 1.807) is 0 Å². The van der Waals surface area contributed by atoms with Gasteiger partial charge in [0.15, 0.2) is 0 Å². The maximum atomic E-state index is 13.9. The number of rotatable bonds is 5. The molecule has 186 valence electrons. The van der Waals surface area contributed by atoms with Crippen LogP contribution < -0.4 is 5.32 Å². The average Bonchev–Trinajstić information content (AvgIpc) is 3.38. The van der Waals surface area contributed by atoms with Gasteiger partial charge in [0, 0.05) is 19.5 Å². The Bertz CT molecular complexity index is 1150. The number of nitrogens with one attached hydrogen (secondary N) is 1. The first-order chi connectivity index (χ1) is 17.5. The van der Waals surface area contributed by atoms with Crippen LogP contribution in [0.25, 0.3) is 0 Å². The van der Waals surface area contributed by atoms with Gasteiger partial charge in [-0.05, 0) is 24.0 Å². The van der Waals surface area contributed by atoms with Crippen molar-refractivity contribution >= 4 is 23.6 Å². The van der Waals surface area contributed by atoms with Gasteiger partial charge in [0.25, 0.3) is 0 Å². The van der Waals surface area contributed by atoms with Crippen molar-refractivity contribution < 1.29 is 19.2 Å². The van der Waals surface area contributed by atoms with E-state index >= 15 is 0 Å². The Kier molecular flexibility index (Phi) is 8.01. The van der Waals surface area contributed by atoms with Gasteiger partial charge in [0.1, 0.15) is 25.2 Å². The molecule has 2 fully saturated rings. The number of terminal acetylenes is 1. The molecule has 1 N–H and O–H groups in total. The van der Waals surface area contributed by atoms with Crippen LogP contribution >= 0.6 is 0 Å². The second-order valence-corrected chi connectivity index (χ2v) is 9.13. The van der Waals surface area contributed by atoms with Gasteiger partial charge in [-0.1, -0.05) is 66.6 Å². The Labute approximate surface area is 211 Å². The van der Waals surface area contributed by atoms with Crippen molar-refractivity contribution in [3.63, 3.8) is 0 Å². The monoisotopic (exact) mass is 486 g/mol. The Morgan fingerprint density at radius 2 is 1.53 bits per heavy atom. The number of nitrogens with zero attached hydrogens (tertiary/aromatic N) is 3. The largest absolute Gasteiger partial charge is 0.342 e. The first-order valence-electron chi connectivity index (χ1n) is 12.1. The van der Waals surface area contributed by atoms with Gasteiger partial charge in [-0.2, -0.15) is 0 Å². The summed E-state index contributed by atoms with van der Waals surface area (Å²) in [6.07, 6.45) is 6.89. The van der Waals surface area contributed by atoms with Gasteiger partial charge < -0.3 is 20.0 Å². The molecule has 0 bridgehead atoms. The fourth-order valence-electron chi connectivity index (χ4n) is 4.81. The van der Waals surface area contributed by atoms with Gasteiger partial charge >= 0.3 is 0 Å². The lowest BCUT2D eigenvalue weighted by molar-refractivity contribution is -0.149. The molecule has 2 atom stereocenters. The normalized spacial score (nSPS) is 21.4. The summed E-state index contributed by atoms with van der Waals surface area (Å²) >= 11 is 0. The molecule has 2 saturated heterocycles. The van der Waals surface area contributed by atoms with Crippen LogP contribution in [0.3, 0.4) is 0 Å². The summed E-state index contributed by atoms with van der Waals surface area (Å²) in [5.74, 6) is 0.984. The van der Waals surface area contributed by atoms with Crippen molar-refractivity contribution in [2.24, 2.45) is 0 Å². The highest BCUT2D eigenvalue weighted by Gasteiger charge is 2.39. The lowest BCUT2D eigenvalue weighted by Crippen LogP contribution is -2.57. The zero-order valence-electron chi connectivity index (χ0n) is 20.1. The van der Waals surface area contributed by atoms with E-state index in [1.807, 2.05) is 60.7 Å². The zero-order chi connectivity index (χ0) is 25.5. The Morgan fingerprint density at radius 1 is 0.861 bits per heavy atom. The van der Waals surface area contributed by atoms with E-state index in [1.165, 1.54) is 14.7 Å². The standard InChI is InChI=1S/C28H30N4O4/c1-2-15-30-19-25(33)29-23(17-21-10-5-3-6-11-21)27(35)31(18-22-12-7-4-8-13-22)20-26(34)32-16-9-14-24(32)28(30)36/h1,3-8,10-13,23-24H,9,14-20H2,(H,29,33)/t23-,24+/m0/s1. The molecule has 0 unspecified atom stereocenters. The number of fused-ring (bicyclic) bond motifs is 1. The Morgan fingerprint density at radius 3 is 2.19 bits per heavy atom. The van der Waals surface area contributed by atoms with Crippen molar-refractivity contribution in [2.45, 2.75) is 37.9 Å². The fraction of sp³-hybridized carbons (Fsp3) is 0.357. The van der Waals surface area contributed by atoms with Crippen molar-refractivity contribution in [2.75, 3.05) is 26.2 Å². The first-order valence-corrected chi connectivity index (χ1v) is 12.1. The molecule has 2 aromatic carbocycles. The van der Waals surface area contributed by atoms with E-state index in [9.17, 15) is 19.2 Å². The molecule has 0 aliphatic carbocycles. The molecule has 0 spiro atoms. The van der Waals surface area contributed by atoms with Gasteiger partial charge in [-0.25, -0.2) is 0 Å². The van der Waals surface area contributed by atoms with Gasteiger partial charge in [0.05, 0.1) is 6.54 Å². The smallest absolute Gasteiger partial charge is 0.246 e. The van der Waals surface area contributed by atoms with Crippen LogP contribution in [-0.4, -0.2) is 76.6 Å². The summed E-state index contributed by atoms with van der Waals surface area (Å²) in [4.78, 5) is 58.0. The number of hydrogen-bond donors (Lipinski definition) is 1. The molecule has 2 aliphatic rings. The molecule has 36 heavy (non-hydrogen) atoms. The van der Waals surface area contributed by atoms with E-state index in [0.29, 0.717) is 19.4 Å². The molecule has 0 radical (unpaired) electrons. The molecule has 4 amide bonds. The number of carbonyl (C=O) groups is 4. The molecule has 8 heteroatoms. The second kappa shape index (κ2) is 11.5. The van der Waals surface area contributed by atoms with E-state index in [4.69, 9.17) is 6.42 Å². The van der Waals surface area contributed by atoms with E-state index in [2.05, 4.69) is 11.2 Å². The molecular weight excluding hydrogens is 456 g/mol. The van der Waals surface area contributed by atoms with E-state index in [-0.39, 0.29) is 50.3 Å². The third kappa shape index (κ3) is 5.92. The number of carbonyl (C=O) groups excluding carboxylic acids is 4. The van der Waals surface area contributed by atoms with E-state index < -0.39 is 18.0 Å². The predicted molar refractivity (Wildman–Crippen MR) is 134 cm³/mol. The summed E-state index contributed by atoms with van der Waals surface area (Å²) in [5.41, 5.74) is 1.73. The molecule has 0 aromatic heterocycles. The van der Waals surface area contributed by atoms with E-state index in [0.717, 1.165) is 11.1 Å². The van der Waals surface area contributed by atoms with Crippen LogP contribution in [0.4, 0.5) is 0 Å². The lowest BCUT2D eigenvalue weighted by atomic mass is 10.0. The maximum Gasteiger partial charge on any atom is 0.246 e. The highest BCUT2D eigenvalue weighted by Crippen LogP contribution is 2.21. The van der Waals surface area contributed by atoms with Crippen LogP contribution in [0.15, 0.2) is 60.7 Å². The molecule has 4 rings (SSSR count). The third-order valence-electron chi connectivity index (χ3n) is 6.56. The van der Waals surface area contributed by atoms with Crippen LogP contribution in [0.2, 0.25) is 0 Å². The molecule has 2 aromatic rings. The minimum absolute atomic E-state index is 0.0534. The summed E-state index contributed by atoms with van der Waals surface area (Å²) in [6.45, 7) is 0.114. The summed E-state index contributed by atoms with van der Waals surface area (Å²) < 4.78 is 0. The van der Waals surface area contributed by atoms with Crippen molar-refractivity contribution in [1.82, 2.24) is 20.0 Å².